The van der Waals surface area contributed by atoms with E-state index in [0.29, 0.717) is 0 Å². The number of fused-ring (bicyclic) bond motifs is 3. The minimum Gasteiger partial charge on any atom is -1.00 e. The molecule has 1 nitrogen and oxygen atoms in total. The maximum atomic E-state index is 2.33. The largest absolute Gasteiger partial charge is 1.00 e. The molecular formula is C17H18INS2. The number of benzene rings is 2. The Balaban J connectivity index is 0.00000161. The number of aryl methyl sites for hydroxylation is 1. The number of hydrogen-bond donors (Lipinski definition) is 0. The molecule has 0 saturated carbocycles. The van der Waals surface area contributed by atoms with E-state index in [1.807, 2.05) is 23.1 Å². The number of allylic oxidation sites excluding steroid dienone is 1. The van der Waals surface area contributed by atoms with Gasteiger partial charge in [-0.3, -0.25) is 0 Å². The van der Waals surface area contributed by atoms with E-state index in [0.717, 1.165) is 6.42 Å². The average molecular weight is 427 g/mol. The van der Waals surface area contributed by atoms with Gasteiger partial charge < -0.3 is 24.0 Å². The fourth-order valence-electron chi connectivity index (χ4n) is 2.52. The Kier molecular flexibility index (Phi) is 5.68. The van der Waals surface area contributed by atoms with Gasteiger partial charge in [0.05, 0.1) is 5.39 Å². The molecule has 0 aliphatic heterocycles. The van der Waals surface area contributed by atoms with Gasteiger partial charge in [0.25, 0.3) is 5.01 Å². The van der Waals surface area contributed by atoms with E-state index in [1.54, 1.807) is 0 Å². The van der Waals surface area contributed by atoms with Gasteiger partial charge in [-0.05, 0) is 35.1 Å². The SMILES string of the molecule is CCC(=Cc1sc2ccc3ccccc3c2[n+]1C)SC.[I-]. The van der Waals surface area contributed by atoms with Crippen molar-refractivity contribution >= 4 is 50.2 Å². The van der Waals surface area contributed by atoms with Gasteiger partial charge >= 0.3 is 0 Å². The van der Waals surface area contributed by atoms with E-state index in [9.17, 15) is 0 Å². The lowest BCUT2D eigenvalue weighted by molar-refractivity contribution is -0.641. The van der Waals surface area contributed by atoms with Gasteiger partial charge in [0.2, 0.25) is 5.52 Å². The normalized spacial score (nSPS) is 11.9. The fourth-order valence-corrected chi connectivity index (χ4v) is 4.25. The van der Waals surface area contributed by atoms with Crippen molar-refractivity contribution < 1.29 is 28.5 Å². The third-order valence-electron chi connectivity index (χ3n) is 3.64. The number of aromatic nitrogens is 1. The van der Waals surface area contributed by atoms with Crippen LogP contribution in [-0.4, -0.2) is 6.26 Å². The summed E-state index contributed by atoms with van der Waals surface area (Å²) < 4.78 is 3.68. The summed E-state index contributed by atoms with van der Waals surface area (Å²) in [5.74, 6) is 0. The van der Waals surface area contributed by atoms with Crippen LogP contribution >= 0.6 is 23.1 Å². The van der Waals surface area contributed by atoms with Crippen molar-refractivity contribution in [1.82, 2.24) is 0 Å². The zero-order valence-corrected chi connectivity index (χ0v) is 16.2. The van der Waals surface area contributed by atoms with Crippen molar-refractivity contribution in [3.63, 3.8) is 0 Å². The zero-order chi connectivity index (χ0) is 14.1. The van der Waals surface area contributed by atoms with Crippen molar-refractivity contribution in [2.24, 2.45) is 7.05 Å². The summed E-state index contributed by atoms with van der Waals surface area (Å²) in [5.41, 5.74) is 1.34. The fraction of sp³-hybridized carbons (Fsp3) is 0.235. The summed E-state index contributed by atoms with van der Waals surface area (Å²) in [5, 5.41) is 3.97. The highest BCUT2D eigenvalue weighted by atomic mass is 127. The minimum absolute atomic E-state index is 0. The summed E-state index contributed by atoms with van der Waals surface area (Å²) in [4.78, 5) is 1.43. The molecule has 0 amide bonds. The Labute approximate surface area is 151 Å². The number of thioether (sulfide) groups is 1. The third-order valence-corrected chi connectivity index (χ3v) is 5.72. The molecule has 0 unspecified atom stereocenters. The van der Waals surface area contributed by atoms with Crippen LogP contribution in [0.4, 0.5) is 0 Å². The second kappa shape index (κ2) is 7.11. The monoisotopic (exact) mass is 427 g/mol. The average Bonchev–Trinajstić information content (AvgIpc) is 2.81. The molecule has 2 aromatic carbocycles. The predicted octanol–water partition coefficient (Wildman–Crippen LogP) is 2.00. The molecule has 3 aromatic rings. The van der Waals surface area contributed by atoms with Crippen molar-refractivity contribution in [3.8, 4) is 0 Å². The summed E-state index contributed by atoms with van der Waals surface area (Å²) in [7, 11) is 2.17. The first kappa shape index (κ1) is 16.8. The van der Waals surface area contributed by atoms with E-state index >= 15 is 0 Å². The number of rotatable bonds is 3. The molecule has 0 saturated heterocycles. The summed E-state index contributed by atoms with van der Waals surface area (Å²) in [6.07, 6.45) is 5.57. The molecule has 0 N–H and O–H groups in total. The molecule has 0 fully saturated rings. The highest BCUT2D eigenvalue weighted by Crippen LogP contribution is 2.29. The van der Waals surface area contributed by atoms with E-state index in [4.69, 9.17) is 0 Å². The van der Waals surface area contributed by atoms with Crippen LogP contribution in [0.25, 0.3) is 27.1 Å². The molecule has 1 heterocycles. The lowest BCUT2D eigenvalue weighted by Crippen LogP contribution is -3.00. The first-order chi connectivity index (χ1) is 9.74. The third kappa shape index (κ3) is 3.12. The van der Waals surface area contributed by atoms with Gasteiger partial charge in [-0.25, -0.2) is 0 Å². The highest BCUT2D eigenvalue weighted by molar-refractivity contribution is 8.02. The van der Waals surface area contributed by atoms with Crippen LogP contribution in [0.3, 0.4) is 0 Å². The molecule has 3 rings (SSSR count). The van der Waals surface area contributed by atoms with E-state index in [2.05, 4.69) is 67.3 Å². The molecule has 0 radical (unpaired) electrons. The Morgan fingerprint density at radius 1 is 1.24 bits per heavy atom. The molecule has 21 heavy (non-hydrogen) atoms. The Morgan fingerprint density at radius 3 is 2.71 bits per heavy atom. The van der Waals surface area contributed by atoms with Crippen LogP contribution in [0.1, 0.15) is 18.4 Å². The van der Waals surface area contributed by atoms with Crippen LogP contribution in [0.2, 0.25) is 0 Å². The highest BCUT2D eigenvalue weighted by Gasteiger charge is 2.18. The van der Waals surface area contributed by atoms with E-state index in [1.165, 1.54) is 30.9 Å². The standard InChI is InChI=1S/C17H18NS2.HI/c1-4-13(19-3)11-16-18(2)17-14-8-6-5-7-12(14)9-10-15(17)20-16;/h5-11H,4H2,1-3H3;1H/q+1;/p-1. The Morgan fingerprint density at radius 2 is 2.00 bits per heavy atom. The second-order valence-corrected chi connectivity index (χ2v) is 6.80. The van der Waals surface area contributed by atoms with Crippen molar-refractivity contribution in [2.45, 2.75) is 13.3 Å². The van der Waals surface area contributed by atoms with Crippen LogP contribution in [-0.2, 0) is 7.05 Å². The number of nitrogens with zero attached hydrogens (tertiary/aromatic N) is 1. The van der Waals surface area contributed by atoms with Crippen LogP contribution in [0.15, 0.2) is 41.3 Å². The number of thiazole rings is 1. The van der Waals surface area contributed by atoms with Crippen molar-refractivity contribution in [1.29, 1.82) is 0 Å². The second-order valence-electron chi connectivity index (χ2n) is 4.80. The molecule has 0 atom stereocenters. The lowest BCUT2D eigenvalue weighted by atomic mass is 10.1. The molecule has 0 bridgehead atoms. The van der Waals surface area contributed by atoms with Gasteiger partial charge in [0.15, 0.2) is 0 Å². The van der Waals surface area contributed by atoms with E-state index < -0.39 is 0 Å². The van der Waals surface area contributed by atoms with Gasteiger partial charge in [-0.15, -0.1) is 11.8 Å². The smallest absolute Gasteiger partial charge is 0.263 e. The molecule has 0 aliphatic rings. The number of halogens is 1. The van der Waals surface area contributed by atoms with Gasteiger partial charge in [0.1, 0.15) is 11.7 Å². The number of hydrogen-bond acceptors (Lipinski definition) is 2. The first-order valence-corrected chi connectivity index (χ1v) is 8.83. The molecule has 110 valence electrons. The molecule has 0 aliphatic carbocycles. The first-order valence-electron chi connectivity index (χ1n) is 6.79. The summed E-state index contributed by atoms with van der Waals surface area (Å²) in [6.45, 7) is 2.21. The topological polar surface area (TPSA) is 3.88 Å². The molecular weight excluding hydrogens is 409 g/mol. The van der Waals surface area contributed by atoms with Gasteiger partial charge in [-0.2, -0.15) is 4.57 Å². The summed E-state index contributed by atoms with van der Waals surface area (Å²) in [6, 6.07) is 13.1. The lowest BCUT2D eigenvalue weighted by Gasteiger charge is -1.97. The van der Waals surface area contributed by atoms with Gasteiger partial charge in [0, 0.05) is 6.08 Å². The Hall–Kier alpha value is -0.590. The molecule has 1 aromatic heterocycles. The van der Waals surface area contributed by atoms with Crippen LogP contribution < -0.4 is 28.5 Å². The maximum Gasteiger partial charge on any atom is 0.263 e. The minimum atomic E-state index is 0. The summed E-state index contributed by atoms with van der Waals surface area (Å²) >= 11 is 3.71. The van der Waals surface area contributed by atoms with Crippen molar-refractivity contribution in [2.75, 3.05) is 6.26 Å². The Bertz CT molecular complexity index is 799. The van der Waals surface area contributed by atoms with Crippen molar-refractivity contribution in [3.05, 3.63) is 46.3 Å². The molecule has 0 spiro atoms. The zero-order valence-electron chi connectivity index (χ0n) is 12.4. The predicted molar refractivity (Wildman–Crippen MR) is 92.3 cm³/mol. The quantitative estimate of drug-likeness (QED) is 0.457. The maximum absolute atomic E-state index is 2.33. The molecule has 4 heteroatoms. The van der Waals surface area contributed by atoms with Gasteiger partial charge in [-0.1, -0.05) is 42.5 Å². The van der Waals surface area contributed by atoms with Crippen LogP contribution in [0.5, 0.6) is 0 Å². The van der Waals surface area contributed by atoms with E-state index in [-0.39, 0.29) is 24.0 Å². The van der Waals surface area contributed by atoms with Crippen LogP contribution in [0, 0.1) is 0 Å².